The first kappa shape index (κ1) is 16.2. The largest absolute Gasteiger partial charge is 0.348 e. The lowest BCUT2D eigenvalue weighted by Gasteiger charge is -2.16. The summed E-state index contributed by atoms with van der Waals surface area (Å²) in [6, 6.07) is 3.76. The van der Waals surface area contributed by atoms with E-state index in [1.54, 1.807) is 18.5 Å². The molecule has 0 aromatic carbocycles. The van der Waals surface area contributed by atoms with E-state index in [2.05, 4.69) is 19.9 Å². The summed E-state index contributed by atoms with van der Waals surface area (Å²) in [6.07, 6.45) is 4.83. The van der Waals surface area contributed by atoms with Crippen molar-refractivity contribution in [1.29, 1.82) is 0 Å². The SMILES string of the molecule is CC(C)(C)c1[nH]cnc1/C=c1/[nH]c(=O)/c(=C\c2cccs2)[nH]c1=O. The third-order valence-electron chi connectivity index (χ3n) is 3.52. The minimum Gasteiger partial charge on any atom is -0.348 e. The minimum absolute atomic E-state index is 0.151. The van der Waals surface area contributed by atoms with Gasteiger partial charge in [-0.05, 0) is 23.6 Å². The lowest BCUT2D eigenvalue weighted by Crippen LogP contribution is -2.46. The van der Waals surface area contributed by atoms with Crippen molar-refractivity contribution in [1.82, 2.24) is 19.9 Å². The zero-order chi connectivity index (χ0) is 17.3. The van der Waals surface area contributed by atoms with Gasteiger partial charge in [0.1, 0.15) is 10.7 Å². The highest BCUT2D eigenvalue weighted by Crippen LogP contribution is 2.22. The fraction of sp³-hybridized carbons (Fsp3) is 0.235. The van der Waals surface area contributed by atoms with Gasteiger partial charge in [-0.2, -0.15) is 0 Å². The van der Waals surface area contributed by atoms with Crippen LogP contribution in [0.4, 0.5) is 0 Å². The van der Waals surface area contributed by atoms with Crippen LogP contribution in [0.5, 0.6) is 0 Å². The van der Waals surface area contributed by atoms with Gasteiger partial charge in [0.15, 0.2) is 0 Å². The average Bonchev–Trinajstić information content (AvgIpc) is 3.14. The molecule has 3 rings (SSSR count). The van der Waals surface area contributed by atoms with E-state index in [0.29, 0.717) is 5.69 Å². The first-order chi connectivity index (χ1) is 11.3. The summed E-state index contributed by atoms with van der Waals surface area (Å²) >= 11 is 1.49. The molecule has 24 heavy (non-hydrogen) atoms. The second-order valence-corrected chi connectivity index (χ2v) is 7.43. The van der Waals surface area contributed by atoms with E-state index in [0.717, 1.165) is 10.6 Å². The standard InChI is InChI=1S/C17H18N4O2S/c1-17(2,3)14-11(18-9-19-14)8-13-16(23)20-12(15(22)21-13)7-10-5-4-6-24-10/h4-9H,1-3H3,(H,18,19)(H,20,23)(H,21,22)/b12-7+,13-8+. The van der Waals surface area contributed by atoms with E-state index in [9.17, 15) is 9.59 Å². The van der Waals surface area contributed by atoms with Gasteiger partial charge in [0, 0.05) is 16.0 Å². The zero-order valence-corrected chi connectivity index (χ0v) is 14.5. The Morgan fingerprint density at radius 3 is 2.33 bits per heavy atom. The molecule has 0 aliphatic rings. The highest BCUT2D eigenvalue weighted by Gasteiger charge is 2.19. The van der Waals surface area contributed by atoms with Crippen LogP contribution in [0, 0.1) is 0 Å². The molecule has 0 fully saturated rings. The van der Waals surface area contributed by atoms with Gasteiger partial charge in [-0.25, -0.2) is 4.98 Å². The van der Waals surface area contributed by atoms with Crippen molar-refractivity contribution >= 4 is 23.5 Å². The van der Waals surface area contributed by atoms with Crippen molar-refractivity contribution < 1.29 is 0 Å². The van der Waals surface area contributed by atoms with Gasteiger partial charge in [-0.1, -0.05) is 26.8 Å². The molecule has 3 N–H and O–H groups in total. The predicted molar refractivity (Wildman–Crippen MR) is 95.7 cm³/mol. The van der Waals surface area contributed by atoms with E-state index < -0.39 is 0 Å². The van der Waals surface area contributed by atoms with Crippen LogP contribution in [0.1, 0.15) is 37.0 Å². The molecule has 0 atom stereocenters. The van der Waals surface area contributed by atoms with E-state index in [1.807, 2.05) is 38.3 Å². The first-order valence-electron chi connectivity index (χ1n) is 7.48. The molecule has 124 valence electrons. The van der Waals surface area contributed by atoms with Crippen LogP contribution in [0.3, 0.4) is 0 Å². The van der Waals surface area contributed by atoms with E-state index in [-0.39, 0.29) is 27.2 Å². The molecule has 0 saturated carbocycles. The summed E-state index contributed by atoms with van der Waals surface area (Å²) in [5.74, 6) is 0. The molecule has 3 heterocycles. The summed E-state index contributed by atoms with van der Waals surface area (Å²) < 4.78 is 0. The monoisotopic (exact) mass is 342 g/mol. The predicted octanol–water partition coefficient (Wildman–Crippen LogP) is 0.803. The minimum atomic E-state index is -0.361. The van der Waals surface area contributed by atoms with Gasteiger partial charge in [0.05, 0.1) is 12.0 Å². The molecule has 0 aliphatic carbocycles. The number of H-pyrrole nitrogens is 3. The number of rotatable bonds is 2. The van der Waals surface area contributed by atoms with Gasteiger partial charge < -0.3 is 15.0 Å². The van der Waals surface area contributed by atoms with Crippen LogP contribution in [-0.2, 0) is 5.41 Å². The molecule has 0 unspecified atom stereocenters. The topological polar surface area (TPSA) is 94.4 Å². The number of nitrogens with zero attached hydrogens (tertiary/aromatic N) is 1. The van der Waals surface area contributed by atoms with Gasteiger partial charge in [0.25, 0.3) is 11.1 Å². The van der Waals surface area contributed by atoms with Crippen molar-refractivity contribution in [3.63, 3.8) is 0 Å². The van der Waals surface area contributed by atoms with Crippen LogP contribution < -0.4 is 21.8 Å². The number of aromatic nitrogens is 4. The maximum atomic E-state index is 12.3. The maximum Gasteiger partial charge on any atom is 0.272 e. The Labute approximate surface area is 141 Å². The van der Waals surface area contributed by atoms with Crippen LogP contribution in [0.25, 0.3) is 12.2 Å². The van der Waals surface area contributed by atoms with Crippen LogP contribution >= 0.6 is 11.3 Å². The molecule has 0 saturated heterocycles. The maximum absolute atomic E-state index is 12.3. The summed E-state index contributed by atoms with van der Waals surface area (Å²) in [5.41, 5.74) is 0.681. The fourth-order valence-electron chi connectivity index (χ4n) is 2.36. The van der Waals surface area contributed by atoms with E-state index >= 15 is 0 Å². The Bertz CT molecular complexity index is 1080. The smallest absolute Gasteiger partial charge is 0.272 e. The number of nitrogens with one attached hydrogen (secondary N) is 3. The lowest BCUT2D eigenvalue weighted by atomic mass is 9.90. The highest BCUT2D eigenvalue weighted by atomic mass is 32.1. The quantitative estimate of drug-likeness (QED) is 0.643. The molecule has 7 heteroatoms. The van der Waals surface area contributed by atoms with Crippen LogP contribution in [0.2, 0.25) is 0 Å². The number of hydrogen-bond donors (Lipinski definition) is 3. The molecule has 0 aliphatic heterocycles. The van der Waals surface area contributed by atoms with Crippen LogP contribution in [-0.4, -0.2) is 19.9 Å². The second-order valence-electron chi connectivity index (χ2n) is 6.45. The molecule has 6 nitrogen and oxygen atoms in total. The molecule has 0 spiro atoms. The number of aromatic amines is 3. The Morgan fingerprint density at radius 2 is 1.75 bits per heavy atom. The lowest BCUT2D eigenvalue weighted by molar-refractivity contribution is 0.571. The summed E-state index contributed by atoms with van der Waals surface area (Å²) in [5, 5.41) is 2.32. The summed E-state index contributed by atoms with van der Waals surface area (Å²) in [6.45, 7) is 6.14. The van der Waals surface area contributed by atoms with E-state index in [1.165, 1.54) is 11.3 Å². The van der Waals surface area contributed by atoms with Crippen molar-refractivity contribution in [2.75, 3.05) is 0 Å². The first-order valence-corrected chi connectivity index (χ1v) is 8.36. The van der Waals surface area contributed by atoms with Crippen molar-refractivity contribution in [3.05, 3.63) is 71.5 Å². The normalized spacial score (nSPS) is 13.6. The Balaban J connectivity index is 2.15. The second kappa shape index (κ2) is 6.09. The number of thiophene rings is 1. The Kier molecular flexibility index (Phi) is 4.11. The molecular weight excluding hydrogens is 324 g/mol. The van der Waals surface area contributed by atoms with Gasteiger partial charge >= 0.3 is 0 Å². The average molecular weight is 342 g/mol. The Morgan fingerprint density at radius 1 is 1.08 bits per heavy atom. The number of hydrogen-bond acceptors (Lipinski definition) is 4. The number of imidazole rings is 1. The molecule has 3 aromatic rings. The molecule has 3 aromatic heterocycles. The van der Waals surface area contributed by atoms with E-state index in [4.69, 9.17) is 0 Å². The summed E-state index contributed by atoms with van der Waals surface area (Å²) in [7, 11) is 0. The third-order valence-corrected chi connectivity index (χ3v) is 4.33. The molecule has 0 radical (unpaired) electrons. The summed E-state index contributed by atoms with van der Waals surface area (Å²) in [4.78, 5) is 38.0. The molecular formula is C17H18N4O2S. The molecule has 0 amide bonds. The van der Waals surface area contributed by atoms with Gasteiger partial charge in [-0.3, -0.25) is 9.59 Å². The van der Waals surface area contributed by atoms with Crippen molar-refractivity contribution in [3.8, 4) is 0 Å². The Hall–Kier alpha value is -2.67. The zero-order valence-electron chi connectivity index (χ0n) is 13.6. The van der Waals surface area contributed by atoms with Crippen molar-refractivity contribution in [2.24, 2.45) is 0 Å². The third kappa shape index (κ3) is 3.30. The highest BCUT2D eigenvalue weighted by molar-refractivity contribution is 7.10. The fourth-order valence-corrected chi connectivity index (χ4v) is 3.02. The molecule has 0 bridgehead atoms. The van der Waals surface area contributed by atoms with Crippen LogP contribution in [0.15, 0.2) is 33.4 Å². The van der Waals surface area contributed by atoms with Gasteiger partial charge in [0.2, 0.25) is 0 Å². The van der Waals surface area contributed by atoms with Gasteiger partial charge in [-0.15, -0.1) is 11.3 Å². The van der Waals surface area contributed by atoms with Crippen molar-refractivity contribution in [2.45, 2.75) is 26.2 Å².